The van der Waals surface area contributed by atoms with Crippen LogP contribution in [0.1, 0.15) is 18.9 Å². The largest absolute Gasteiger partial charge is 0.496 e. The van der Waals surface area contributed by atoms with Crippen LogP contribution in [0.15, 0.2) is 18.2 Å². The summed E-state index contributed by atoms with van der Waals surface area (Å²) in [6.07, 6.45) is 1.66. The lowest BCUT2D eigenvalue weighted by atomic mass is 10.0. The van der Waals surface area contributed by atoms with Crippen LogP contribution in [-0.4, -0.2) is 17.3 Å². The van der Waals surface area contributed by atoms with Gasteiger partial charge in [0.25, 0.3) is 0 Å². The van der Waals surface area contributed by atoms with Crippen LogP contribution in [0.4, 0.5) is 10.2 Å². The number of methoxy groups -OCH3 is 1. The number of aromatic amines is 1. The van der Waals surface area contributed by atoms with Gasteiger partial charge in [0.05, 0.1) is 18.4 Å². The molecule has 0 saturated carbocycles. The van der Waals surface area contributed by atoms with Crippen LogP contribution in [-0.2, 0) is 6.42 Å². The van der Waals surface area contributed by atoms with Gasteiger partial charge in [0.1, 0.15) is 17.4 Å². The molecule has 0 fully saturated rings. The van der Waals surface area contributed by atoms with Gasteiger partial charge in [-0.2, -0.15) is 5.10 Å². The number of H-pyrrole nitrogens is 1. The molecule has 0 aliphatic rings. The zero-order chi connectivity index (χ0) is 13.1. The molecule has 0 atom stereocenters. The molecule has 18 heavy (non-hydrogen) atoms. The molecule has 0 unspecified atom stereocenters. The monoisotopic (exact) mass is 249 g/mol. The smallest absolute Gasteiger partial charge is 0.149 e. The molecule has 0 saturated heterocycles. The highest BCUT2D eigenvalue weighted by atomic mass is 19.1. The van der Waals surface area contributed by atoms with E-state index in [2.05, 4.69) is 10.2 Å². The van der Waals surface area contributed by atoms with Crippen molar-refractivity contribution >= 4 is 5.82 Å². The highest BCUT2D eigenvalue weighted by Crippen LogP contribution is 2.35. The fourth-order valence-corrected chi connectivity index (χ4v) is 2.01. The predicted octanol–water partition coefficient (Wildman–Crippen LogP) is 2.76. The number of aromatic nitrogens is 2. The van der Waals surface area contributed by atoms with E-state index >= 15 is 0 Å². The van der Waals surface area contributed by atoms with Crippen LogP contribution in [0.2, 0.25) is 0 Å². The maximum absolute atomic E-state index is 14.0. The molecular weight excluding hydrogens is 233 g/mol. The number of nitrogens with one attached hydrogen (secondary N) is 1. The summed E-state index contributed by atoms with van der Waals surface area (Å²) in [5, 5.41) is 6.75. The Morgan fingerprint density at radius 3 is 2.89 bits per heavy atom. The van der Waals surface area contributed by atoms with Gasteiger partial charge in [-0.1, -0.05) is 19.4 Å². The molecule has 0 radical (unpaired) electrons. The van der Waals surface area contributed by atoms with Gasteiger partial charge in [-0.15, -0.1) is 0 Å². The van der Waals surface area contributed by atoms with Gasteiger partial charge in [0, 0.05) is 5.56 Å². The van der Waals surface area contributed by atoms with Crippen molar-refractivity contribution in [3.8, 4) is 17.0 Å². The Morgan fingerprint density at radius 2 is 2.22 bits per heavy atom. The highest BCUT2D eigenvalue weighted by Gasteiger charge is 2.19. The van der Waals surface area contributed by atoms with E-state index in [1.165, 1.54) is 13.2 Å². The van der Waals surface area contributed by atoms with Crippen molar-refractivity contribution in [2.75, 3.05) is 12.8 Å². The van der Waals surface area contributed by atoms with E-state index in [0.717, 1.165) is 18.4 Å². The fourth-order valence-electron chi connectivity index (χ4n) is 2.01. The fraction of sp³-hybridized carbons (Fsp3) is 0.308. The van der Waals surface area contributed by atoms with Crippen LogP contribution < -0.4 is 10.5 Å². The van der Waals surface area contributed by atoms with Crippen LogP contribution in [0.25, 0.3) is 11.3 Å². The van der Waals surface area contributed by atoms with Gasteiger partial charge in [-0.3, -0.25) is 5.10 Å². The van der Waals surface area contributed by atoms with E-state index in [9.17, 15) is 4.39 Å². The van der Waals surface area contributed by atoms with Crippen molar-refractivity contribution in [3.63, 3.8) is 0 Å². The van der Waals surface area contributed by atoms with Gasteiger partial charge in [-0.05, 0) is 18.6 Å². The van der Waals surface area contributed by atoms with Crippen molar-refractivity contribution in [2.45, 2.75) is 19.8 Å². The van der Waals surface area contributed by atoms with Crippen molar-refractivity contribution in [1.29, 1.82) is 0 Å². The standard InChI is InChI=1S/C13H16FN3O/c1-3-5-8-12(16-17-13(8)15)11-9(14)6-4-7-10(11)18-2/h4,6-7H,3,5H2,1-2H3,(H3,15,16,17). The summed E-state index contributed by atoms with van der Waals surface area (Å²) in [6.45, 7) is 2.04. The van der Waals surface area contributed by atoms with E-state index in [0.29, 0.717) is 22.8 Å². The van der Waals surface area contributed by atoms with E-state index in [4.69, 9.17) is 10.5 Å². The molecule has 2 aromatic rings. The molecule has 1 heterocycles. The first-order valence-electron chi connectivity index (χ1n) is 5.84. The molecule has 0 amide bonds. The average Bonchev–Trinajstić information content (AvgIpc) is 2.71. The van der Waals surface area contributed by atoms with Crippen LogP contribution in [0.3, 0.4) is 0 Å². The number of nitrogen functional groups attached to an aromatic ring is 1. The minimum Gasteiger partial charge on any atom is -0.496 e. The average molecular weight is 249 g/mol. The summed E-state index contributed by atoms with van der Waals surface area (Å²) in [7, 11) is 1.51. The number of halogens is 1. The summed E-state index contributed by atoms with van der Waals surface area (Å²) in [5.74, 6) is 0.531. The minimum atomic E-state index is -0.352. The minimum absolute atomic E-state index is 0.352. The molecule has 0 bridgehead atoms. The molecule has 4 nitrogen and oxygen atoms in total. The number of nitrogens with two attached hydrogens (primary N) is 1. The third-order valence-corrected chi connectivity index (χ3v) is 2.84. The van der Waals surface area contributed by atoms with E-state index < -0.39 is 0 Å². The Balaban J connectivity index is 2.61. The number of benzene rings is 1. The van der Waals surface area contributed by atoms with Gasteiger partial charge in [0.2, 0.25) is 0 Å². The normalized spacial score (nSPS) is 10.6. The number of nitrogens with zero attached hydrogens (tertiary/aromatic N) is 1. The second kappa shape index (κ2) is 5.08. The summed E-state index contributed by atoms with van der Waals surface area (Å²) < 4.78 is 19.2. The lowest BCUT2D eigenvalue weighted by molar-refractivity contribution is 0.413. The van der Waals surface area contributed by atoms with Gasteiger partial charge in [0.15, 0.2) is 0 Å². The molecule has 96 valence electrons. The number of hydrogen-bond acceptors (Lipinski definition) is 3. The van der Waals surface area contributed by atoms with E-state index in [1.54, 1.807) is 12.1 Å². The van der Waals surface area contributed by atoms with E-state index in [1.807, 2.05) is 6.92 Å². The highest BCUT2D eigenvalue weighted by molar-refractivity contribution is 5.73. The zero-order valence-electron chi connectivity index (χ0n) is 10.5. The van der Waals surface area contributed by atoms with Crippen molar-refractivity contribution in [1.82, 2.24) is 10.2 Å². The second-order valence-corrected chi connectivity index (χ2v) is 4.03. The molecule has 3 N–H and O–H groups in total. The Labute approximate surface area is 105 Å². The third kappa shape index (κ3) is 2.03. The zero-order valence-corrected chi connectivity index (χ0v) is 10.5. The van der Waals surface area contributed by atoms with Crippen LogP contribution >= 0.6 is 0 Å². The quantitative estimate of drug-likeness (QED) is 0.875. The number of anilines is 1. The molecule has 0 aliphatic carbocycles. The Bertz CT molecular complexity index is 551. The summed E-state index contributed by atoms with van der Waals surface area (Å²) in [4.78, 5) is 0. The molecule has 1 aromatic heterocycles. The third-order valence-electron chi connectivity index (χ3n) is 2.84. The Kier molecular flexibility index (Phi) is 3.50. The molecule has 1 aromatic carbocycles. The van der Waals surface area contributed by atoms with Crippen LogP contribution in [0.5, 0.6) is 5.75 Å². The molecule has 2 rings (SSSR count). The summed E-state index contributed by atoms with van der Waals surface area (Å²) >= 11 is 0. The molecule has 0 aliphatic heterocycles. The van der Waals surface area contributed by atoms with Crippen molar-refractivity contribution < 1.29 is 9.13 Å². The predicted molar refractivity (Wildman–Crippen MR) is 68.9 cm³/mol. The Hall–Kier alpha value is -2.04. The van der Waals surface area contributed by atoms with Gasteiger partial charge in [-0.25, -0.2) is 4.39 Å². The second-order valence-electron chi connectivity index (χ2n) is 4.03. The first-order valence-corrected chi connectivity index (χ1v) is 5.84. The van der Waals surface area contributed by atoms with Crippen LogP contribution in [0, 0.1) is 5.82 Å². The first-order chi connectivity index (χ1) is 8.69. The Morgan fingerprint density at radius 1 is 1.44 bits per heavy atom. The lowest BCUT2D eigenvalue weighted by Crippen LogP contribution is -1.96. The number of ether oxygens (including phenoxy) is 1. The summed E-state index contributed by atoms with van der Waals surface area (Å²) in [5.41, 5.74) is 7.62. The molecule has 0 spiro atoms. The SMILES string of the molecule is CCCc1c(N)n[nH]c1-c1c(F)cccc1OC. The number of hydrogen-bond donors (Lipinski definition) is 2. The summed E-state index contributed by atoms with van der Waals surface area (Å²) in [6, 6.07) is 4.71. The molecular formula is C13H16FN3O. The van der Waals surface area contributed by atoms with Crippen molar-refractivity contribution in [2.24, 2.45) is 0 Å². The topological polar surface area (TPSA) is 63.9 Å². The maximum Gasteiger partial charge on any atom is 0.149 e. The first kappa shape index (κ1) is 12.4. The van der Waals surface area contributed by atoms with E-state index in [-0.39, 0.29) is 5.82 Å². The van der Waals surface area contributed by atoms with Gasteiger partial charge < -0.3 is 10.5 Å². The molecule has 5 heteroatoms. The van der Waals surface area contributed by atoms with Gasteiger partial charge >= 0.3 is 0 Å². The number of rotatable bonds is 4. The maximum atomic E-state index is 14.0. The van der Waals surface area contributed by atoms with Crippen molar-refractivity contribution in [3.05, 3.63) is 29.6 Å². The lowest BCUT2D eigenvalue weighted by Gasteiger charge is -2.09.